The Morgan fingerprint density at radius 2 is 1.95 bits per heavy atom. The number of aryl methyl sites for hydroxylation is 1. The van der Waals surface area contributed by atoms with E-state index in [0.29, 0.717) is 31.3 Å². The van der Waals surface area contributed by atoms with E-state index < -0.39 is 41.9 Å². The largest absolute Gasteiger partial charge is 0.484 e. The van der Waals surface area contributed by atoms with Crippen LogP contribution in [0.25, 0.3) is 31.9 Å². The van der Waals surface area contributed by atoms with E-state index in [9.17, 15) is 24.0 Å². The number of carbonyl (C=O) groups excluding carboxylic acids is 2. The Balaban J connectivity index is 0.818. The number of anilines is 1. The number of H-pyrrole nitrogens is 1. The van der Waals surface area contributed by atoms with Crippen LogP contribution < -0.4 is 32.3 Å². The zero-order chi connectivity index (χ0) is 41.3. The fourth-order valence-electron chi connectivity index (χ4n) is 7.20. The summed E-state index contributed by atoms with van der Waals surface area (Å²) in [5, 5.41) is 11.8. The van der Waals surface area contributed by atoms with Crippen LogP contribution in [0.4, 0.5) is 5.95 Å². The number of benzene rings is 1. The van der Waals surface area contributed by atoms with Crippen molar-refractivity contribution in [1.29, 1.82) is 0 Å². The zero-order valence-corrected chi connectivity index (χ0v) is 32.9. The van der Waals surface area contributed by atoms with Crippen LogP contribution in [0.3, 0.4) is 0 Å². The van der Waals surface area contributed by atoms with Crippen molar-refractivity contribution in [3.63, 3.8) is 0 Å². The van der Waals surface area contributed by atoms with E-state index >= 15 is 0 Å². The van der Waals surface area contributed by atoms with Crippen molar-refractivity contribution in [3.05, 3.63) is 107 Å². The zero-order valence-electron chi connectivity index (χ0n) is 32.1. The lowest BCUT2D eigenvalue weighted by molar-refractivity contribution is -0.140. The number of hydrogen-bond donors (Lipinski definition) is 3. The van der Waals surface area contributed by atoms with Gasteiger partial charge in [0, 0.05) is 80.7 Å². The van der Waals surface area contributed by atoms with E-state index in [1.807, 2.05) is 17.5 Å². The quantitative estimate of drug-likeness (QED) is 0.0560. The highest BCUT2D eigenvalue weighted by Gasteiger charge is 2.39. The van der Waals surface area contributed by atoms with E-state index in [-0.39, 0.29) is 54.2 Å². The molecule has 21 heteroatoms. The molecule has 0 radical (unpaired) electrons. The number of amides is 2. The molecule has 2 saturated heterocycles. The minimum Gasteiger partial charge on any atom is -0.484 e. The number of nitrogens with one attached hydrogen (secondary N) is 3. The number of thiophene rings is 1. The van der Waals surface area contributed by atoms with Crippen LogP contribution in [0.15, 0.2) is 78.1 Å². The van der Waals surface area contributed by atoms with Gasteiger partial charge in [0.2, 0.25) is 11.9 Å². The summed E-state index contributed by atoms with van der Waals surface area (Å²) in [7, 11) is 1.44. The minimum atomic E-state index is -0.891. The molecule has 0 saturated carbocycles. The first-order valence-electron chi connectivity index (χ1n) is 19.0. The maximum atomic E-state index is 13.2. The van der Waals surface area contributed by atoms with Crippen molar-refractivity contribution in [2.75, 3.05) is 57.9 Å². The molecule has 3 N–H and O–H groups in total. The summed E-state index contributed by atoms with van der Waals surface area (Å²) >= 11 is 1.56. The third kappa shape index (κ3) is 10.2. The molecule has 2 unspecified atom stereocenters. The molecule has 4 aromatic heterocycles. The molecule has 2 aliphatic rings. The average molecular weight is 827 g/mol. The molecule has 5 aromatic rings. The first-order chi connectivity index (χ1) is 28.6. The van der Waals surface area contributed by atoms with Gasteiger partial charge in [0.05, 0.1) is 40.7 Å². The van der Waals surface area contributed by atoms with Crippen molar-refractivity contribution < 1.29 is 23.5 Å². The monoisotopic (exact) mass is 826 g/mol. The highest BCUT2D eigenvalue weighted by molar-refractivity contribution is 7.13. The van der Waals surface area contributed by atoms with Crippen molar-refractivity contribution in [3.8, 4) is 16.3 Å². The second-order valence-electron chi connectivity index (χ2n) is 14.2. The molecule has 7 rings (SSSR count). The van der Waals surface area contributed by atoms with Crippen LogP contribution in [0.1, 0.15) is 36.6 Å². The summed E-state index contributed by atoms with van der Waals surface area (Å²) in [6.07, 6.45) is 5.65. The van der Waals surface area contributed by atoms with Gasteiger partial charge in [0.15, 0.2) is 6.61 Å². The summed E-state index contributed by atoms with van der Waals surface area (Å²) in [5.41, 5.74) is 9.98. The third-order valence-electron chi connectivity index (χ3n) is 10.1. The number of hydrogen-bond acceptors (Lipinski definition) is 15. The number of fused-ring (bicyclic) bond motifs is 1. The molecule has 2 fully saturated rings. The van der Waals surface area contributed by atoms with Crippen LogP contribution in [-0.2, 0) is 27.9 Å². The van der Waals surface area contributed by atoms with Gasteiger partial charge in [-0.25, -0.2) is 24.5 Å². The summed E-state index contributed by atoms with van der Waals surface area (Å²) in [5.74, 6) is -0.255. The van der Waals surface area contributed by atoms with Crippen LogP contribution in [0.5, 0.6) is 5.75 Å². The molecule has 0 aliphatic carbocycles. The Morgan fingerprint density at radius 3 is 2.75 bits per heavy atom. The normalized spacial score (nSPS) is 18.1. The van der Waals surface area contributed by atoms with Crippen molar-refractivity contribution >= 4 is 40.0 Å². The Bertz CT molecular complexity index is 2500. The van der Waals surface area contributed by atoms with Gasteiger partial charge in [-0.05, 0) is 54.9 Å². The molecular weight excluding hydrogens is 785 g/mol. The lowest BCUT2D eigenvalue weighted by Gasteiger charge is -2.32. The lowest BCUT2D eigenvalue weighted by Crippen LogP contribution is -2.48. The molecule has 20 nitrogen and oxygen atoms in total. The molecule has 1 aromatic carbocycles. The maximum Gasteiger partial charge on any atom is 0.422 e. The number of aromatic amines is 1. The molecule has 0 spiro atoms. The summed E-state index contributed by atoms with van der Waals surface area (Å²) < 4.78 is 17.1. The number of azide groups is 1. The molecule has 2 amide bonds. The van der Waals surface area contributed by atoms with Gasteiger partial charge in [0.1, 0.15) is 17.6 Å². The number of piperidine rings is 1. The number of likely N-dealkylation sites (tertiary alicyclic amines) is 2. The van der Waals surface area contributed by atoms with E-state index in [2.05, 4.69) is 44.9 Å². The highest BCUT2D eigenvalue weighted by atomic mass is 32.1. The lowest BCUT2D eigenvalue weighted by atomic mass is 9.96. The second kappa shape index (κ2) is 18.9. The molecule has 59 heavy (non-hydrogen) atoms. The van der Waals surface area contributed by atoms with E-state index in [1.54, 1.807) is 29.8 Å². The Morgan fingerprint density at radius 1 is 1.12 bits per heavy atom. The average Bonchev–Trinajstić information content (AvgIpc) is 3.94. The predicted molar refractivity (Wildman–Crippen MR) is 216 cm³/mol. The standard InChI is InChI=1S/C38H42N12O8S/c1-48-29-15-26(6-7-27(29)36(54)58-38(48)55)57-22-33(52)50-21-25(46-47-39)14-30(50)35(53)40-8-11-56-12-9-41-37-42-17-23(18-43-37)19-49-10-2-4-24(20-49)34-44-28(16-32(51)45-34)31-5-3-13-59-31/h3,5-7,13,15-18,24-25,30H,2,4,8-12,14,19-22H2,1H3,(H,40,53)(H,41,42,43)(H,44,45,51)/t24?,25?,30-/m0/s1. The number of rotatable bonds is 16. The molecule has 6 heterocycles. The maximum absolute atomic E-state index is 13.2. The molecule has 0 bridgehead atoms. The number of nitrogens with zero attached hydrogens (tertiary/aromatic N) is 9. The smallest absolute Gasteiger partial charge is 0.422 e. The van der Waals surface area contributed by atoms with Gasteiger partial charge in [-0.2, -0.15) is 0 Å². The van der Waals surface area contributed by atoms with Gasteiger partial charge >= 0.3 is 11.4 Å². The third-order valence-corrected chi connectivity index (χ3v) is 11.0. The van der Waals surface area contributed by atoms with E-state index in [4.69, 9.17) is 20.0 Å². The fraction of sp³-hybridized carbons (Fsp3) is 0.421. The number of carbonyl (C=O) groups is 2. The van der Waals surface area contributed by atoms with Crippen LogP contribution in [0, 0.1) is 0 Å². The Hall–Kier alpha value is -6.41. The molecule has 3 atom stereocenters. The van der Waals surface area contributed by atoms with Crippen molar-refractivity contribution in [2.24, 2.45) is 12.2 Å². The Kier molecular flexibility index (Phi) is 13.1. The first kappa shape index (κ1) is 40.8. The van der Waals surface area contributed by atoms with Gasteiger partial charge in [-0.1, -0.05) is 11.2 Å². The summed E-state index contributed by atoms with van der Waals surface area (Å²) in [4.78, 5) is 86.8. The van der Waals surface area contributed by atoms with Gasteiger partial charge < -0.3 is 34.4 Å². The van der Waals surface area contributed by atoms with Crippen LogP contribution in [-0.4, -0.2) is 111 Å². The van der Waals surface area contributed by atoms with Crippen molar-refractivity contribution in [1.82, 2.24) is 39.6 Å². The van der Waals surface area contributed by atoms with E-state index in [1.165, 1.54) is 30.1 Å². The minimum absolute atomic E-state index is 0.0356. The topological polar surface area (TPSA) is 256 Å². The highest BCUT2D eigenvalue weighted by Crippen LogP contribution is 2.28. The molecule has 308 valence electrons. The summed E-state index contributed by atoms with van der Waals surface area (Å²) in [6.45, 7) is 3.08. The first-order valence-corrected chi connectivity index (χ1v) is 19.9. The van der Waals surface area contributed by atoms with Gasteiger partial charge in [-0.3, -0.25) is 23.9 Å². The second-order valence-corrected chi connectivity index (χ2v) is 15.1. The molecular formula is C38H42N12O8S. The number of ether oxygens (including phenoxy) is 2. The Labute approximate surface area is 339 Å². The predicted octanol–water partition coefficient (Wildman–Crippen LogP) is 2.38. The van der Waals surface area contributed by atoms with Crippen molar-refractivity contribution in [2.45, 2.75) is 43.8 Å². The van der Waals surface area contributed by atoms with Gasteiger partial charge in [0.25, 0.3) is 11.5 Å². The van der Waals surface area contributed by atoms with Crippen LogP contribution >= 0.6 is 11.3 Å². The molecule has 2 aliphatic heterocycles. The number of aromatic nitrogens is 5. The van der Waals surface area contributed by atoms with Crippen LogP contribution in [0.2, 0.25) is 0 Å². The fourth-order valence-corrected chi connectivity index (χ4v) is 7.89. The SMILES string of the molecule is Cn1c(=O)oc(=O)c2ccc(OCC(=O)N3CC(N=[N+]=[N-])C[C@H]3C(=O)NCCOCCNc3ncc(CN4CCCC(c5nc(-c6cccs6)cc(=O)[nH]5)C4)cn3)cc21. The summed E-state index contributed by atoms with van der Waals surface area (Å²) in [6, 6.07) is 8.32. The van der Waals surface area contributed by atoms with E-state index in [0.717, 1.165) is 46.8 Å². The van der Waals surface area contributed by atoms with Gasteiger partial charge in [-0.15, -0.1) is 11.3 Å².